The third-order valence-electron chi connectivity index (χ3n) is 4.55. The fraction of sp³-hybridized carbons (Fsp3) is 0.444. The fourth-order valence-corrected chi connectivity index (χ4v) is 3.92. The van der Waals surface area contributed by atoms with Crippen LogP contribution in [0.15, 0.2) is 29.0 Å². The molecule has 25 heavy (non-hydrogen) atoms. The second-order valence-corrected chi connectivity index (χ2v) is 7.04. The molecule has 0 aliphatic carbocycles. The van der Waals surface area contributed by atoms with Crippen LogP contribution in [0.25, 0.3) is 11.3 Å². The van der Waals surface area contributed by atoms with E-state index >= 15 is 0 Å². The number of aryl methyl sites for hydroxylation is 1. The second kappa shape index (κ2) is 9.53. The summed E-state index contributed by atoms with van der Waals surface area (Å²) in [5.41, 5.74) is 9.59. The molecule has 1 fully saturated rings. The summed E-state index contributed by atoms with van der Waals surface area (Å²) in [6, 6.07) is 6.02. The lowest BCUT2D eigenvalue weighted by atomic mass is 9.95. The van der Waals surface area contributed by atoms with Crippen LogP contribution < -0.4 is 5.73 Å². The molecule has 3 rings (SSSR count). The number of carbonyl (C=O) groups excluding carboxylic acids is 1. The molecule has 2 atom stereocenters. The summed E-state index contributed by atoms with van der Waals surface area (Å²) in [6.45, 7) is 4.69. The third-order valence-corrected chi connectivity index (χ3v) is 5.23. The van der Waals surface area contributed by atoms with Gasteiger partial charge in [0.2, 0.25) is 0 Å². The molecule has 7 heteroatoms. The van der Waals surface area contributed by atoms with Gasteiger partial charge in [-0.3, -0.25) is 9.78 Å². The van der Waals surface area contributed by atoms with Crippen molar-refractivity contribution in [1.29, 1.82) is 0 Å². The lowest BCUT2D eigenvalue weighted by Gasteiger charge is -2.38. The first-order valence-corrected chi connectivity index (χ1v) is 9.09. The van der Waals surface area contributed by atoms with Crippen molar-refractivity contribution >= 4 is 42.1 Å². The van der Waals surface area contributed by atoms with Crippen molar-refractivity contribution in [2.75, 3.05) is 6.54 Å². The van der Waals surface area contributed by atoms with Crippen LogP contribution >= 0.6 is 36.2 Å². The molecule has 2 aromatic heterocycles. The molecular formula is C18H25Cl2N3OS. The van der Waals surface area contributed by atoms with Crippen LogP contribution in [0.5, 0.6) is 0 Å². The lowest BCUT2D eigenvalue weighted by molar-refractivity contribution is 0.0582. The number of amides is 1. The van der Waals surface area contributed by atoms with Crippen molar-refractivity contribution in [3.8, 4) is 11.3 Å². The number of rotatable bonds is 3. The highest BCUT2D eigenvalue weighted by molar-refractivity contribution is 7.08. The average molecular weight is 402 g/mol. The van der Waals surface area contributed by atoms with E-state index in [1.165, 1.54) is 0 Å². The molecule has 0 saturated carbocycles. The van der Waals surface area contributed by atoms with Gasteiger partial charge < -0.3 is 10.6 Å². The predicted octanol–water partition coefficient (Wildman–Crippen LogP) is 4.30. The number of likely N-dealkylation sites (tertiary alicyclic amines) is 1. The molecular weight excluding hydrogens is 377 g/mol. The van der Waals surface area contributed by atoms with Crippen molar-refractivity contribution in [2.45, 2.75) is 45.2 Å². The van der Waals surface area contributed by atoms with E-state index < -0.39 is 0 Å². The number of thiophene rings is 1. The zero-order chi connectivity index (χ0) is 16.4. The number of hydrogen-bond donors (Lipinski definition) is 1. The quantitative estimate of drug-likeness (QED) is 0.833. The molecule has 1 aliphatic heterocycles. The minimum Gasteiger partial charge on any atom is -0.334 e. The predicted molar refractivity (Wildman–Crippen MR) is 109 cm³/mol. The Morgan fingerprint density at radius 2 is 2.08 bits per heavy atom. The van der Waals surface area contributed by atoms with Gasteiger partial charge in [0.05, 0.1) is 17.0 Å². The largest absolute Gasteiger partial charge is 0.334 e. The zero-order valence-electron chi connectivity index (χ0n) is 14.5. The van der Waals surface area contributed by atoms with Crippen molar-refractivity contribution in [3.63, 3.8) is 0 Å². The number of nitrogens with two attached hydrogens (primary N) is 1. The van der Waals surface area contributed by atoms with E-state index in [0.29, 0.717) is 5.56 Å². The van der Waals surface area contributed by atoms with E-state index in [1.807, 2.05) is 42.3 Å². The Bertz CT molecular complexity index is 692. The highest BCUT2D eigenvalue weighted by Crippen LogP contribution is 2.25. The summed E-state index contributed by atoms with van der Waals surface area (Å²) in [5, 5.41) is 4.10. The third kappa shape index (κ3) is 4.73. The Morgan fingerprint density at radius 3 is 2.68 bits per heavy atom. The van der Waals surface area contributed by atoms with Crippen LogP contribution in [-0.2, 0) is 0 Å². The van der Waals surface area contributed by atoms with Crippen molar-refractivity contribution in [1.82, 2.24) is 9.88 Å². The van der Waals surface area contributed by atoms with E-state index in [0.717, 1.165) is 42.8 Å². The molecule has 2 aromatic rings. The van der Waals surface area contributed by atoms with Crippen LogP contribution in [0.2, 0.25) is 0 Å². The number of aromatic nitrogens is 1. The first-order valence-electron chi connectivity index (χ1n) is 8.14. The first kappa shape index (κ1) is 21.9. The maximum absolute atomic E-state index is 13.0. The number of hydrogen-bond acceptors (Lipinski definition) is 4. The normalized spacial score (nSPS) is 18.0. The smallest absolute Gasteiger partial charge is 0.255 e. The molecule has 2 N–H and O–H groups in total. The standard InChI is InChI=1S/C18H23N3OS.2ClH/c1-12(19)17-5-3-4-9-21(17)18(22)15-6-7-16(20-13(15)2)14-8-10-23-11-14;;/h6-8,10-12,17H,3-5,9,19H2,1-2H3;2*1H. The van der Waals surface area contributed by atoms with Crippen molar-refractivity contribution in [2.24, 2.45) is 5.73 Å². The van der Waals surface area contributed by atoms with Gasteiger partial charge in [0, 0.05) is 29.6 Å². The lowest BCUT2D eigenvalue weighted by Crippen LogP contribution is -2.51. The Hall–Kier alpha value is -1.14. The van der Waals surface area contributed by atoms with Crippen LogP contribution in [0, 0.1) is 6.92 Å². The number of pyridine rings is 1. The van der Waals surface area contributed by atoms with Gasteiger partial charge in [0.15, 0.2) is 0 Å². The summed E-state index contributed by atoms with van der Waals surface area (Å²) in [4.78, 5) is 19.5. The summed E-state index contributed by atoms with van der Waals surface area (Å²) in [6.07, 6.45) is 3.18. The number of piperidine rings is 1. The maximum Gasteiger partial charge on any atom is 0.255 e. The van der Waals surface area contributed by atoms with E-state index in [-0.39, 0.29) is 42.8 Å². The van der Waals surface area contributed by atoms with Gasteiger partial charge in [-0.1, -0.05) is 0 Å². The zero-order valence-corrected chi connectivity index (χ0v) is 16.9. The van der Waals surface area contributed by atoms with Gasteiger partial charge in [0.1, 0.15) is 0 Å². The Morgan fingerprint density at radius 1 is 1.32 bits per heavy atom. The molecule has 0 spiro atoms. The van der Waals surface area contributed by atoms with E-state index in [4.69, 9.17) is 5.73 Å². The highest BCUT2D eigenvalue weighted by Gasteiger charge is 2.30. The van der Waals surface area contributed by atoms with Gasteiger partial charge in [-0.2, -0.15) is 11.3 Å². The molecule has 4 nitrogen and oxygen atoms in total. The van der Waals surface area contributed by atoms with E-state index in [2.05, 4.69) is 10.4 Å². The Balaban J connectivity index is 0.00000156. The van der Waals surface area contributed by atoms with Crippen LogP contribution in [-0.4, -0.2) is 34.4 Å². The first-order chi connectivity index (χ1) is 11.1. The number of carbonyl (C=O) groups is 1. The van der Waals surface area contributed by atoms with Gasteiger partial charge >= 0.3 is 0 Å². The minimum absolute atomic E-state index is 0. The summed E-state index contributed by atoms with van der Waals surface area (Å²) in [7, 11) is 0. The van der Waals surface area contributed by atoms with Crippen molar-refractivity contribution in [3.05, 3.63) is 40.2 Å². The van der Waals surface area contributed by atoms with E-state index in [9.17, 15) is 4.79 Å². The molecule has 3 heterocycles. The number of halogens is 2. The molecule has 0 bridgehead atoms. The molecule has 1 saturated heterocycles. The maximum atomic E-state index is 13.0. The van der Waals surface area contributed by atoms with Crippen LogP contribution in [0.4, 0.5) is 0 Å². The summed E-state index contributed by atoms with van der Waals surface area (Å²) < 4.78 is 0. The molecule has 0 radical (unpaired) electrons. The number of nitrogens with zero attached hydrogens (tertiary/aromatic N) is 2. The van der Waals surface area contributed by atoms with Crippen molar-refractivity contribution < 1.29 is 4.79 Å². The Kier molecular flexibility index (Phi) is 8.35. The van der Waals surface area contributed by atoms with Gasteiger partial charge in [0.25, 0.3) is 5.91 Å². The minimum atomic E-state index is -0.00223. The molecule has 2 unspecified atom stereocenters. The molecule has 1 amide bonds. The summed E-state index contributed by atoms with van der Waals surface area (Å²) in [5.74, 6) is 0.0638. The van der Waals surface area contributed by atoms with Crippen LogP contribution in [0.3, 0.4) is 0 Å². The monoisotopic (exact) mass is 401 g/mol. The van der Waals surface area contributed by atoms with Gasteiger partial charge in [-0.25, -0.2) is 0 Å². The van der Waals surface area contributed by atoms with Crippen LogP contribution in [0.1, 0.15) is 42.2 Å². The topological polar surface area (TPSA) is 59.2 Å². The van der Waals surface area contributed by atoms with Gasteiger partial charge in [-0.05, 0) is 56.7 Å². The highest BCUT2D eigenvalue weighted by atomic mass is 35.5. The Labute approximate surface area is 165 Å². The van der Waals surface area contributed by atoms with E-state index in [1.54, 1.807) is 11.3 Å². The average Bonchev–Trinajstić information content (AvgIpc) is 3.08. The fourth-order valence-electron chi connectivity index (χ4n) is 3.27. The SMILES string of the molecule is Cc1nc(-c2ccsc2)ccc1C(=O)N1CCCCC1C(C)N.Cl.Cl. The summed E-state index contributed by atoms with van der Waals surface area (Å²) >= 11 is 1.65. The van der Waals surface area contributed by atoms with Gasteiger partial charge in [-0.15, -0.1) is 24.8 Å². The molecule has 1 aliphatic rings. The molecule has 0 aromatic carbocycles. The second-order valence-electron chi connectivity index (χ2n) is 6.26. The molecule has 138 valence electrons.